The van der Waals surface area contributed by atoms with Gasteiger partial charge in [-0.1, -0.05) is 0 Å². The molecule has 1 aromatic carbocycles. The molecule has 20 heavy (non-hydrogen) atoms. The van der Waals surface area contributed by atoms with Gasteiger partial charge < -0.3 is 4.57 Å². The molecule has 0 saturated carbocycles. The van der Waals surface area contributed by atoms with Crippen molar-refractivity contribution >= 4 is 32.5 Å². The molecule has 0 unspecified atom stereocenters. The molecule has 0 aliphatic carbocycles. The van der Waals surface area contributed by atoms with Crippen LogP contribution in [-0.4, -0.2) is 14.5 Å². The zero-order valence-corrected chi connectivity index (χ0v) is 11.9. The number of benzene rings is 1. The van der Waals surface area contributed by atoms with Crippen LogP contribution in [0.3, 0.4) is 0 Å². The lowest BCUT2D eigenvalue weighted by atomic mass is 10.2. The van der Waals surface area contributed by atoms with E-state index in [9.17, 15) is 10.1 Å². The maximum Gasteiger partial charge on any atom is 0.270 e. The Bertz CT molecular complexity index is 781. The first-order valence-electron chi connectivity index (χ1n) is 5.97. The number of nitro benzene ring substituents is 1. The first-order valence-corrected chi connectivity index (χ1v) is 6.76. The summed E-state index contributed by atoms with van der Waals surface area (Å²) in [6.07, 6.45) is 3.67. The van der Waals surface area contributed by atoms with Crippen molar-refractivity contribution in [3.63, 3.8) is 0 Å². The van der Waals surface area contributed by atoms with Gasteiger partial charge in [-0.3, -0.25) is 15.1 Å². The summed E-state index contributed by atoms with van der Waals surface area (Å²) in [5.74, 6) is 0. The molecular weight excluding hydrogens is 322 g/mol. The molecule has 0 bridgehead atoms. The lowest BCUT2D eigenvalue weighted by Gasteiger charge is -2.05. The summed E-state index contributed by atoms with van der Waals surface area (Å²) in [7, 11) is 0. The summed E-state index contributed by atoms with van der Waals surface area (Å²) < 4.78 is 2.96. The minimum atomic E-state index is -0.382. The molecule has 0 radical (unpaired) electrons. The van der Waals surface area contributed by atoms with E-state index in [4.69, 9.17) is 0 Å². The molecule has 0 N–H and O–H groups in total. The van der Waals surface area contributed by atoms with Crippen molar-refractivity contribution < 1.29 is 4.92 Å². The molecule has 2 aromatic heterocycles. The maximum absolute atomic E-state index is 10.8. The van der Waals surface area contributed by atoms with Crippen LogP contribution in [0.1, 0.15) is 5.69 Å². The minimum absolute atomic E-state index is 0.108. The summed E-state index contributed by atoms with van der Waals surface area (Å²) in [5.41, 5.74) is 2.00. The molecule has 0 spiro atoms. The number of hydrogen-bond donors (Lipinski definition) is 0. The fourth-order valence-electron chi connectivity index (χ4n) is 2.11. The fraction of sp³-hybridized carbons (Fsp3) is 0.0714. The molecule has 2 heterocycles. The van der Waals surface area contributed by atoms with E-state index in [1.165, 1.54) is 6.07 Å². The van der Waals surface area contributed by atoms with Crippen molar-refractivity contribution in [3.8, 4) is 0 Å². The van der Waals surface area contributed by atoms with Crippen LogP contribution < -0.4 is 0 Å². The van der Waals surface area contributed by atoms with Gasteiger partial charge in [-0.05, 0) is 40.2 Å². The standard InChI is InChI=1S/C14H10BrN3O2/c15-11-1-2-12(16-8-11)9-17-6-5-10-7-13(18(19)20)3-4-14(10)17/h1-8H,9H2. The fourth-order valence-corrected chi connectivity index (χ4v) is 2.35. The summed E-state index contributed by atoms with van der Waals surface area (Å²) in [5, 5.41) is 11.6. The van der Waals surface area contributed by atoms with Crippen LogP contribution in [0.15, 0.2) is 53.3 Å². The van der Waals surface area contributed by atoms with Gasteiger partial charge in [0.1, 0.15) is 0 Å². The van der Waals surface area contributed by atoms with Gasteiger partial charge in [0, 0.05) is 39.9 Å². The first-order chi connectivity index (χ1) is 9.63. The zero-order chi connectivity index (χ0) is 14.1. The normalized spacial score (nSPS) is 10.8. The number of nitrogens with zero attached hydrogens (tertiary/aromatic N) is 3. The molecule has 100 valence electrons. The van der Waals surface area contributed by atoms with E-state index in [1.54, 1.807) is 18.3 Å². The zero-order valence-electron chi connectivity index (χ0n) is 10.4. The van der Waals surface area contributed by atoms with Crippen molar-refractivity contribution in [1.82, 2.24) is 9.55 Å². The SMILES string of the molecule is O=[N+]([O-])c1ccc2c(ccn2Cc2ccc(Br)cn2)c1. The average Bonchev–Trinajstić information content (AvgIpc) is 2.84. The number of hydrogen-bond acceptors (Lipinski definition) is 3. The van der Waals surface area contributed by atoms with Crippen molar-refractivity contribution in [1.29, 1.82) is 0 Å². The van der Waals surface area contributed by atoms with Gasteiger partial charge in [-0.25, -0.2) is 0 Å². The van der Waals surface area contributed by atoms with Crippen molar-refractivity contribution in [3.05, 3.63) is 69.1 Å². The molecule has 0 aliphatic rings. The number of nitro groups is 1. The Kier molecular flexibility index (Phi) is 3.23. The second kappa shape index (κ2) is 5.05. The summed E-state index contributed by atoms with van der Waals surface area (Å²) in [6, 6.07) is 10.6. The third-order valence-corrected chi connectivity index (χ3v) is 3.56. The van der Waals surface area contributed by atoms with Gasteiger partial charge in [0.05, 0.1) is 17.2 Å². The predicted octanol–water partition coefficient (Wildman–Crippen LogP) is 3.76. The van der Waals surface area contributed by atoms with E-state index >= 15 is 0 Å². The molecule has 0 atom stereocenters. The number of non-ortho nitro benzene ring substituents is 1. The second-order valence-electron chi connectivity index (χ2n) is 4.41. The van der Waals surface area contributed by atoms with Crippen LogP contribution in [-0.2, 0) is 6.54 Å². The largest absolute Gasteiger partial charge is 0.341 e. The van der Waals surface area contributed by atoms with Crippen LogP contribution in [0, 0.1) is 10.1 Å². The smallest absolute Gasteiger partial charge is 0.270 e. The van der Waals surface area contributed by atoms with Crippen LogP contribution >= 0.6 is 15.9 Å². The van der Waals surface area contributed by atoms with Crippen molar-refractivity contribution in [2.45, 2.75) is 6.54 Å². The van der Waals surface area contributed by atoms with Crippen LogP contribution in [0.5, 0.6) is 0 Å². The molecule has 0 amide bonds. The Morgan fingerprint density at radius 2 is 2.10 bits per heavy atom. The third-order valence-electron chi connectivity index (χ3n) is 3.09. The highest BCUT2D eigenvalue weighted by molar-refractivity contribution is 9.10. The van der Waals surface area contributed by atoms with E-state index < -0.39 is 0 Å². The molecule has 5 nitrogen and oxygen atoms in total. The average molecular weight is 332 g/mol. The van der Waals surface area contributed by atoms with Gasteiger partial charge in [-0.2, -0.15) is 0 Å². The molecule has 0 aliphatic heterocycles. The van der Waals surface area contributed by atoms with Crippen molar-refractivity contribution in [2.24, 2.45) is 0 Å². The molecule has 0 fully saturated rings. The summed E-state index contributed by atoms with van der Waals surface area (Å²) >= 11 is 3.35. The molecule has 0 saturated heterocycles. The van der Waals surface area contributed by atoms with Gasteiger partial charge in [-0.15, -0.1) is 0 Å². The summed E-state index contributed by atoms with van der Waals surface area (Å²) in [6.45, 7) is 0.634. The van der Waals surface area contributed by atoms with Crippen LogP contribution in [0.2, 0.25) is 0 Å². The Balaban J connectivity index is 1.96. The van der Waals surface area contributed by atoms with E-state index in [0.29, 0.717) is 6.54 Å². The highest BCUT2D eigenvalue weighted by Crippen LogP contribution is 2.22. The Morgan fingerprint density at radius 3 is 2.80 bits per heavy atom. The highest BCUT2D eigenvalue weighted by atomic mass is 79.9. The van der Waals surface area contributed by atoms with Gasteiger partial charge in [0.25, 0.3) is 5.69 Å². The number of halogens is 1. The second-order valence-corrected chi connectivity index (χ2v) is 5.33. The van der Waals surface area contributed by atoms with Gasteiger partial charge in [0.2, 0.25) is 0 Å². The lowest BCUT2D eigenvalue weighted by Crippen LogP contribution is -1.99. The number of pyridine rings is 1. The number of aromatic nitrogens is 2. The quantitative estimate of drug-likeness (QED) is 0.542. The Morgan fingerprint density at radius 1 is 1.25 bits per heavy atom. The third kappa shape index (κ3) is 2.42. The van der Waals surface area contributed by atoms with E-state index in [1.807, 2.05) is 29.0 Å². The summed E-state index contributed by atoms with van der Waals surface area (Å²) in [4.78, 5) is 14.7. The van der Waals surface area contributed by atoms with Crippen LogP contribution in [0.4, 0.5) is 5.69 Å². The molecule has 3 rings (SSSR count). The number of rotatable bonds is 3. The van der Waals surface area contributed by atoms with Crippen molar-refractivity contribution in [2.75, 3.05) is 0 Å². The predicted molar refractivity (Wildman–Crippen MR) is 79.6 cm³/mol. The van der Waals surface area contributed by atoms with Gasteiger partial charge >= 0.3 is 0 Å². The van der Waals surface area contributed by atoms with E-state index in [2.05, 4.69) is 20.9 Å². The van der Waals surface area contributed by atoms with E-state index in [0.717, 1.165) is 21.1 Å². The first kappa shape index (κ1) is 12.8. The topological polar surface area (TPSA) is 61.0 Å². The Hall–Kier alpha value is -2.21. The molecule has 6 heteroatoms. The lowest BCUT2D eigenvalue weighted by molar-refractivity contribution is -0.384. The highest BCUT2D eigenvalue weighted by Gasteiger charge is 2.09. The minimum Gasteiger partial charge on any atom is -0.341 e. The Labute approximate surface area is 123 Å². The monoisotopic (exact) mass is 331 g/mol. The maximum atomic E-state index is 10.8. The van der Waals surface area contributed by atoms with Gasteiger partial charge in [0.15, 0.2) is 0 Å². The molecular formula is C14H10BrN3O2. The van der Waals surface area contributed by atoms with E-state index in [-0.39, 0.29) is 10.6 Å². The number of fused-ring (bicyclic) bond motifs is 1. The molecule has 3 aromatic rings. The van der Waals surface area contributed by atoms with Crippen LogP contribution in [0.25, 0.3) is 10.9 Å².